The number of carboxylic acids is 1. The maximum Gasteiger partial charge on any atom is 0.354 e. The lowest BCUT2D eigenvalue weighted by Crippen LogP contribution is -2.41. The van der Waals surface area contributed by atoms with Crippen LogP contribution in [0.4, 0.5) is 5.69 Å². The quantitative estimate of drug-likeness (QED) is 0.812. The second kappa shape index (κ2) is 5.03. The van der Waals surface area contributed by atoms with Crippen LogP contribution in [0.2, 0.25) is 0 Å². The van der Waals surface area contributed by atoms with Crippen LogP contribution in [0.5, 0.6) is 0 Å². The lowest BCUT2D eigenvalue weighted by molar-refractivity contribution is -0.122. The van der Waals surface area contributed by atoms with E-state index >= 15 is 0 Å². The first-order valence-electron chi connectivity index (χ1n) is 5.81. The van der Waals surface area contributed by atoms with Crippen LogP contribution in [-0.4, -0.2) is 35.1 Å². The summed E-state index contributed by atoms with van der Waals surface area (Å²) in [5, 5.41) is 8.89. The Bertz CT molecular complexity index is 475. The maximum absolute atomic E-state index is 11.2. The number of amides is 1. The van der Waals surface area contributed by atoms with Crippen molar-refractivity contribution >= 4 is 17.6 Å². The molecule has 0 aromatic carbocycles. The number of carbonyl (C=O) groups is 2. The fourth-order valence-corrected chi connectivity index (χ4v) is 2.18. The van der Waals surface area contributed by atoms with Gasteiger partial charge >= 0.3 is 5.97 Å². The Labute approximate surface area is 104 Å². The lowest BCUT2D eigenvalue weighted by atomic mass is 9.97. The predicted molar refractivity (Wildman–Crippen MR) is 65.3 cm³/mol. The van der Waals surface area contributed by atoms with Gasteiger partial charge in [-0.15, -0.1) is 0 Å². The maximum atomic E-state index is 11.2. The average Bonchev–Trinajstić information content (AvgIpc) is 2.39. The molecule has 0 bridgehead atoms. The van der Waals surface area contributed by atoms with Crippen molar-refractivity contribution in [2.24, 2.45) is 11.7 Å². The van der Waals surface area contributed by atoms with Gasteiger partial charge in [-0.1, -0.05) is 0 Å². The molecule has 1 saturated heterocycles. The Morgan fingerprint density at radius 3 is 2.94 bits per heavy atom. The number of carbonyl (C=O) groups excluding carboxylic acids is 1. The van der Waals surface area contributed by atoms with E-state index in [0.29, 0.717) is 6.54 Å². The fourth-order valence-electron chi connectivity index (χ4n) is 2.18. The number of aromatic nitrogens is 1. The SMILES string of the molecule is NC(=O)C1CCCN(c2ccnc(C(=O)O)c2)C1. The van der Waals surface area contributed by atoms with Gasteiger partial charge in [-0.2, -0.15) is 0 Å². The van der Waals surface area contributed by atoms with Crippen molar-refractivity contribution in [1.29, 1.82) is 0 Å². The molecule has 1 atom stereocenters. The van der Waals surface area contributed by atoms with E-state index in [2.05, 4.69) is 4.98 Å². The van der Waals surface area contributed by atoms with Gasteiger partial charge in [0.25, 0.3) is 0 Å². The highest BCUT2D eigenvalue weighted by Crippen LogP contribution is 2.23. The number of pyridine rings is 1. The minimum Gasteiger partial charge on any atom is -0.477 e. The van der Waals surface area contributed by atoms with Gasteiger partial charge in [0, 0.05) is 25.0 Å². The third-order valence-electron chi connectivity index (χ3n) is 3.15. The Balaban J connectivity index is 2.18. The first kappa shape index (κ1) is 12.3. The first-order valence-corrected chi connectivity index (χ1v) is 5.81. The van der Waals surface area contributed by atoms with Crippen molar-refractivity contribution in [2.45, 2.75) is 12.8 Å². The van der Waals surface area contributed by atoms with Crippen LogP contribution >= 0.6 is 0 Å². The van der Waals surface area contributed by atoms with Crippen LogP contribution in [0.1, 0.15) is 23.3 Å². The first-order chi connectivity index (χ1) is 8.58. The molecule has 1 unspecified atom stereocenters. The number of piperidine rings is 1. The van der Waals surface area contributed by atoms with E-state index in [1.165, 1.54) is 12.3 Å². The standard InChI is InChI=1S/C12H15N3O3/c13-11(16)8-2-1-5-15(7-8)9-3-4-14-10(6-9)12(17)18/h3-4,6,8H,1-2,5,7H2,(H2,13,16)(H,17,18). The number of nitrogens with zero attached hydrogens (tertiary/aromatic N) is 2. The third-order valence-corrected chi connectivity index (χ3v) is 3.15. The summed E-state index contributed by atoms with van der Waals surface area (Å²) in [6, 6.07) is 3.27. The van der Waals surface area contributed by atoms with Crippen LogP contribution in [0, 0.1) is 5.92 Å². The molecular weight excluding hydrogens is 234 g/mol. The minimum absolute atomic E-state index is 0.00805. The molecule has 0 saturated carbocycles. The molecule has 18 heavy (non-hydrogen) atoms. The van der Waals surface area contributed by atoms with Crippen molar-refractivity contribution in [3.8, 4) is 0 Å². The Morgan fingerprint density at radius 2 is 2.28 bits per heavy atom. The zero-order chi connectivity index (χ0) is 13.1. The molecule has 1 aromatic heterocycles. The molecule has 1 aliphatic heterocycles. The summed E-state index contributed by atoms with van der Waals surface area (Å²) >= 11 is 0. The van der Waals surface area contributed by atoms with Gasteiger partial charge in [0.05, 0.1) is 5.92 Å². The summed E-state index contributed by atoms with van der Waals surface area (Å²) in [7, 11) is 0. The van der Waals surface area contributed by atoms with E-state index in [1.54, 1.807) is 6.07 Å². The normalized spacial score (nSPS) is 19.6. The van der Waals surface area contributed by atoms with Crippen LogP contribution in [0.25, 0.3) is 0 Å². The van der Waals surface area contributed by atoms with Crippen LogP contribution in [0.15, 0.2) is 18.3 Å². The molecule has 0 radical (unpaired) electrons. The summed E-state index contributed by atoms with van der Waals surface area (Å²) in [4.78, 5) is 27.8. The van der Waals surface area contributed by atoms with E-state index < -0.39 is 5.97 Å². The van der Waals surface area contributed by atoms with E-state index in [4.69, 9.17) is 10.8 Å². The van der Waals surface area contributed by atoms with E-state index in [1.807, 2.05) is 4.90 Å². The molecular formula is C12H15N3O3. The summed E-state index contributed by atoms with van der Waals surface area (Å²) in [5.74, 6) is -1.52. The Hall–Kier alpha value is -2.11. The van der Waals surface area contributed by atoms with Crippen molar-refractivity contribution < 1.29 is 14.7 Å². The summed E-state index contributed by atoms with van der Waals surface area (Å²) in [5.41, 5.74) is 6.09. The Kier molecular flexibility index (Phi) is 3.45. The van der Waals surface area contributed by atoms with Gasteiger partial charge in [-0.25, -0.2) is 9.78 Å². The van der Waals surface area contributed by atoms with Gasteiger partial charge in [-0.3, -0.25) is 4.79 Å². The zero-order valence-electron chi connectivity index (χ0n) is 9.87. The number of hydrogen-bond acceptors (Lipinski definition) is 4. The number of carboxylic acid groups (broad SMARTS) is 1. The largest absolute Gasteiger partial charge is 0.477 e. The molecule has 2 heterocycles. The molecule has 3 N–H and O–H groups in total. The number of anilines is 1. The number of nitrogens with two attached hydrogens (primary N) is 1. The monoisotopic (exact) mass is 249 g/mol. The van der Waals surface area contributed by atoms with E-state index in [-0.39, 0.29) is 17.5 Å². The van der Waals surface area contributed by atoms with Gasteiger partial charge in [0.15, 0.2) is 0 Å². The van der Waals surface area contributed by atoms with Gasteiger partial charge in [0.1, 0.15) is 5.69 Å². The number of aromatic carboxylic acids is 1. The summed E-state index contributed by atoms with van der Waals surface area (Å²) in [6.45, 7) is 1.34. The van der Waals surface area contributed by atoms with Crippen molar-refractivity contribution in [3.63, 3.8) is 0 Å². The summed E-state index contributed by atoms with van der Waals surface area (Å²) in [6.07, 6.45) is 3.13. The second-order valence-corrected chi connectivity index (χ2v) is 4.39. The van der Waals surface area contributed by atoms with Crippen LogP contribution in [-0.2, 0) is 4.79 Å². The number of hydrogen-bond donors (Lipinski definition) is 2. The lowest BCUT2D eigenvalue weighted by Gasteiger charge is -2.32. The van der Waals surface area contributed by atoms with Gasteiger partial charge in [0.2, 0.25) is 5.91 Å². The number of primary amides is 1. The van der Waals surface area contributed by atoms with E-state index in [0.717, 1.165) is 25.1 Å². The molecule has 6 heteroatoms. The van der Waals surface area contributed by atoms with Crippen molar-refractivity contribution in [3.05, 3.63) is 24.0 Å². The highest BCUT2D eigenvalue weighted by atomic mass is 16.4. The van der Waals surface area contributed by atoms with E-state index in [9.17, 15) is 9.59 Å². The molecule has 0 aliphatic carbocycles. The molecule has 96 valence electrons. The van der Waals surface area contributed by atoms with Crippen molar-refractivity contribution in [2.75, 3.05) is 18.0 Å². The van der Waals surface area contributed by atoms with Gasteiger partial charge < -0.3 is 15.7 Å². The molecule has 1 amide bonds. The molecule has 6 nitrogen and oxygen atoms in total. The Morgan fingerprint density at radius 1 is 1.50 bits per heavy atom. The number of rotatable bonds is 3. The zero-order valence-corrected chi connectivity index (χ0v) is 9.87. The van der Waals surface area contributed by atoms with Gasteiger partial charge in [-0.05, 0) is 25.0 Å². The molecule has 1 aliphatic rings. The minimum atomic E-state index is -1.06. The average molecular weight is 249 g/mol. The van der Waals surface area contributed by atoms with Crippen LogP contribution < -0.4 is 10.6 Å². The fraction of sp³-hybridized carbons (Fsp3) is 0.417. The third kappa shape index (κ3) is 2.58. The highest BCUT2D eigenvalue weighted by Gasteiger charge is 2.24. The molecule has 1 fully saturated rings. The predicted octanol–water partition coefficient (Wildman–Crippen LogP) is 0.481. The second-order valence-electron chi connectivity index (χ2n) is 4.39. The summed E-state index contributed by atoms with van der Waals surface area (Å²) < 4.78 is 0. The topological polar surface area (TPSA) is 96.5 Å². The molecule has 1 aromatic rings. The van der Waals surface area contributed by atoms with Crippen molar-refractivity contribution in [1.82, 2.24) is 4.98 Å². The highest BCUT2D eigenvalue weighted by molar-refractivity contribution is 5.86. The smallest absolute Gasteiger partial charge is 0.354 e. The molecule has 0 spiro atoms. The molecule has 2 rings (SSSR count). The van der Waals surface area contributed by atoms with Crippen LogP contribution in [0.3, 0.4) is 0 Å².